The molecule has 0 aromatic heterocycles. The number of piperidine rings is 1. The Balaban J connectivity index is 1.66. The van der Waals surface area contributed by atoms with Gasteiger partial charge in [0.2, 0.25) is 0 Å². The summed E-state index contributed by atoms with van der Waals surface area (Å²) in [5, 5.41) is 19.6. The van der Waals surface area contributed by atoms with Gasteiger partial charge < -0.3 is 14.9 Å². The van der Waals surface area contributed by atoms with Gasteiger partial charge in [-0.25, -0.2) is 0 Å². The van der Waals surface area contributed by atoms with Crippen molar-refractivity contribution in [1.29, 1.82) is 0 Å². The Bertz CT molecular complexity index is 222. The van der Waals surface area contributed by atoms with Crippen LogP contribution in [0.1, 0.15) is 12.8 Å². The number of likely N-dealkylation sites (tertiary alicyclic amines) is 1. The molecule has 100 valence electrons. The third-order valence-corrected chi connectivity index (χ3v) is 3.52. The number of β-amino-alcohol motifs (C(OH)–C–C–N with tert-alkyl or cyclic N) is 2. The summed E-state index contributed by atoms with van der Waals surface area (Å²) in [6.45, 7) is 6.48. The summed E-state index contributed by atoms with van der Waals surface area (Å²) in [7, 11) is 0. The number of hydrogen-bond donors (Lipinski definition) is 2. The van der Waals surface area contributed by atoms with Crippen LogP contribution in [0.25, 0.3) is 0 Å². The molecule has 2 atom stereocenters. The predicted octanol–water partition coefficient (Wildman–Crippen LogP) is -0.864. The number of aliphatic hydroxyl groups is 2. The first-order valence-electron chi connectivity index (χ1n) is 6.62. The minimum absolute atomic E-state index is 0.209. The van der Waals surface area contributed by atoms with Crippen LogP contribution in [0.3, 0.4) is 0 Å². The topological polar surface area (TPSA) is 56.2 Å². The van der Waals surface area contributed by atoms with Crippen molar-refractivity contribution in [2.75, 3.05) is 52.5 Å². The molecule has 0 amide bonds. The molecule has 0 radical (unpaired) electrons. The Labute approximate surface area is 103 Å². The fraction of sp³-hybridized carbons (Fsp3) is 1.00. The molecule has 2 heterocycles. The van der Waals surface area contributed by atoms with E-state index in [9.17, 15) is 10.2 Å². The van der Waals surface area contributed by atoms with Crippen molar-refractivity contribution in [3.63, 3.8) is 0 Å². The van der Waals surface area contributed by atoms with Crippen LogP contribution in [0.5, 0.6) is 0 Å². The molecule has 2 unspecified atom stereocenters. The van der Waals surface area contributed by atoms with E-state index >= 15 is 0 Å². The molecule has 0 aromatic carbocycles. The molecular weight excluding hydrogens is 220 g/mol. The average Bonchev–Trinajstić information content (AvgIpc) is 2.30. The van der Waals surface area contributed by atoms with Gasteiger partial charge in [0.25, 0.3) is 0 Å². The van der Waals surface area contributed by atoms with E-state index < -0.39 is 0 Å². The first kappa shape index (κ1) is 13.2. The van der Waals surface area contributed by atoms with E-state index in [0.717, 1.165) is 52.2 Å². The highest BCUT2D eigenvalue weighted by atomic mass is 16.5. The van der Waals surface area contributed by atoms with Gasteiger partial charge in [-0.2, -0.15) is 0 Å². The molecule has 17 heavy (non-hydrogen) atoms. The van der Waals surface area contributed by atoms with Crippen LogP contribution in [-0.2, 0) is 4.74 Å². The summed E-state index contributed by atoms with van der Waals surface area (Å²) in [5.74, 6) is 0. The average molecular weight is 244 g/mol. The van der Waals surface area contributed by atoms with Gasteiger partial charge >= 0.3 is 0 Å². The van der Waals surface area contributed by atoms with Crippen LogP contribution < -0.4 is 0 Å². The summed E-state index contributed by atoms with van der Waals surface area (Å²) in [5.41, 5.74) is 0. The lowest BCUT2D eigenvalue weighted by molar-refractivity contribution is -0.00307. The van der Waals surface area contributed by atoms with Gasteiger partial charge in [-0.3, -0.25) is 9.80 Å². The maximum atomic E-state index is 10.0. The maximum absolute atomic E-state index is 10.0. The SMILES string of the molecule is OC1CCCN(CC(O)CN2CCOCC2)C1. The molecule has 2 aliphatic rings. The lowest BCUT2D eigenvalue weighted by Crippen LogP contribution is -2.47. The Kier molecular flexibility index (Phi) is 5.18. The van der Waals surface area contributed by atoms with Crippen molar-refractivity contribution < 1.29 is 14.9 Å². The molecule has 0 aliphatic carbocycles. The summed E-state index contributed by atoms with van der Waals surface area (Å²) < 4.78 is 5.28. The van der Waals surface area contributed by atoms with E-state index in [1.165, 1.54) is 0 Å². The highest BCUT2D eigenvalue weighted by molar-refractivity contribution is 4.76. The van der Waals surface area contributed by atoms with Crippen molar-refractivity contribution in [3.05, 3.63) is 0 Å². The monoisotopic (exact) mass is 244 g/mol. The number of nitrogens with zero attached hydrogens (tertiary/aromatic N) is 2. The molecule has 0 saturated carbocycles. The van der Waals surface area contributed by atoms with Crippen molar-refractivity contribution in [2.24, 2.45) is 0 Å². The van der Waals surface area contributed by atoms with Gasteiger partial charge in [-0.15, -0.1) is 0 Å². The summed E-state index contributed by atoms with van der Waals surface area (Å²) in [4.78, 5) is 4.41. The Hall–Kier alpha value is -0.200. The molecule has 0 aromatic rings. The van der Waals surface area contributed by atoms with E-state index in [-0.39, 0.29) is 12.2 Å². The molecule has 5 nitrogen and oxygen atoms in total. The van der Waals surface area contributed by atoms with Crippen molar-refractivity contribution in [2.45, 2.75) is 25.0 Å². The molecule has 0 bridgehead atoms. The van der Waals surface area contributed by atoms with E-state index in [0.29, 0.717) is 13.1 Å². The van der Waals surface area contributed by atoms with Crippen LogP contribution in [0.15, 0.2) is 0 Å². The first-order chi connectivity index (χ1) is 8.24. The Morgan fingerprint density at radius 3 is 2.53 bits per heavy atom. The summed E-state index contributed by atoms with van der Waals surface area (Å²) in [6, 6.07) is 0. The van der Waals surface area contributed by atoms with Gasteiger partial charge in [-0.05, 0) is 19.4 Å². The van der Waals surface area contributed by atoms with E-state index in [1.807, 2.05) is 0 Å². The van der Waals surface area contributed by atoms with Gasteiger partial charge in [0.1, 0.15) is 0 Å². The zero-order valence-electron chi connectivity index (χ0n) is 10.4. The van der Waals surface area contributed by atoms with Gasteiger partial charge in [0, 0.05) is 32.7 Å². The second-order valence-corrected chi connectivity index (χ2v) is 5.12. The Morgan fingerprint density at radius 2 is 1.82 bits per heavy atom. The number of rotatable bonds is 4. The van der Waals surface area contributed by atoms with E-state index in [1.54, 1.807) is 0 Å². The minimum Gasteiger partial charge on any atom is -0.392 e. The fourth-order valence-electron chi connectivity index (χ4n) is 2.63. The molecule has 2 aliphatic heterocycles. The number of hydrogen-bond acceptors (Lipinski definition) is 5. The third kappa shape index (κ3) is 4.52. The summed E-state index contributed by atoms with van der Waals surface area (Å²) in [6.07, 6.45) is 1.40. The molecule has 2 rings (SSSR count). The molecule has 5 heteroatoms. The lowest BCUT2D eigenvalue weighted by atomic mass is 10.1. The van der Waals surface area contributed by atoms with Crippen LogP contribution in [0.4, 0.5) is 0 Å². The van der Waals surface area contributed by atoms with Crippen LogP contribution in [0.2, 0.25) is 0 Å². The minimum atomic E-state index is -0.321. The Morgan fingerprint density at radius 1 is 1.12 bits per heavy atom. The molecular formula is C12H24N2O3. The van der Waals surface area contributed by atoms with Crippen LogP contribution in [0, 0.1) is 0 Å². The highest BCUT2D eigenvalue weighted by Gasteiger charge is 2.21. The van der Waals surface area contributed by atoms with E-state index in [4.69, 9.17) is 4.74 Å². The van der Waals surface area contributed by atoms with Gasteiger partial charge in [-0.1, -0.05) is 0 Å². The van der Waals surface area contributed by atoms with Crippen LogP contribution >= 0.6 is 0 Å². The zero-order chi connectivity index (χ0) is 12.1. The van der Waals surface area contributed by atoms with Crippen molar-refractivity contribution >= 4 is 0 Å². The second kappa shape index (κ2) is 6.66. The van der Waals surface area contributed by atoms with Crippen molar-refractivity contribution in [1.82, 2.24) is 9.80 Å². The van der Waals surface area contributed by atoms with Gasteiger partial charge in [0.05, 0.1) is 25.4 Å². The molecule has 2 fully saturated rings. The standard InChI is InChI=1S/C12H24N2O3/c15-11-2-1-3-14(8-11)10-12(16)9-13-4-6-17-7-5-13/h11-12,15-16H,1-10H2. The molecule has 2 saturated heterocycles. The number of ether oxygens (including phenoxy) is 1. The number of morpholine rings is 1. The zero-order valence-corrected chi connectivity index (χ0v) is 10.4. The smallest absolute Gasteiger partial charge is 0.0793 e. The molecule has 2 N–H and O–H groups in total. The van der Waals surface area contributed by atoms with Crippen molar-refractivity contribution in [3.8, 4) is 0 Å². The first-order valence-corrected chi connectivity index (χ1v) is 6.62. The molecule has 0 spiro atoms. The van der Waals surface area contributed by atoms with Crippen LogP contribution in [-0.4, -0.2) is 84.7 Å². The third-order valence-electron chi connectivity index (χ3n) is 3.52. The predicted molar refractivity (Wildman–Crippen MR) is 64.9 cm³/mol. The second-order valence-electron chi connectivity index (χ2n) is 5.12. The largest absolute Gasteiger partial charge is 0.392 e. The highest BCUT2D eigenvalue weighted by Crippen LogP contribution is 2.10. The fourth-order valence-corrected chi connectivity index (χ4v) is 2.63. The van der Waals surface area contributed by atoms with E-state index in [2.05, 4.69) is 9.80 Å². The van der Waals surface area contributed by atoms with Gasteiger partial charge in [0.15, 0.2) is 0 Å². The lowest BCUT2D eigenvalue weighted by Gasteiger charge is -2.34. The summed E-state index contributed by atoms with van der Waals surface area (Å²) >= 11 is 0. The maximum Gasteiger partial charge on any atom is 0.0793 e. The quantitative estimate of drug-likeness (QED) is 0.674. The number of aliphatic hydroxyl groups excluding tert-OH is 2. The normalized spacial score (nSPS) is 30.4.